The largest absolute Gasteiger partial charge is 0.399 e. The summed E-state index contributed by atoms with van der Waals surface area (Å²) in [6.45, 7) is 3.78. The summed E-state index contributed by atoms with van der Waals surface area (Å²) in [5.41, 5.74) is 5.72. The molecular weight excluding hydrogens is 319 g/mol. The first-order chi connectivity index (χ1) is 9.28. The summed E-state index contributed by atoms with van der Waals surface area (Å²) in [7, 11) is -7.68. The molecule has 1 rings (SSSR count). The van der Waals surface area contributed by atoms with Crippen molar-refractivity contribution < 1.29 is 21.2 Å². The van der Waals surface area contributed by atoms with E-state index >= 15 is 0 Å². The van der Waals surface area contributed by atoms with Crippen molar-refractivity contribution in [1.82, 2.24) is 4.72 Å². The monoisotopic (exact) mass is 338 g/mol. The fraction of sp³-hybridized carbons (Fsp3) is 0.500. The third-order valence-corrected chi connectivity index (χ3v) is 6.78. The van der Waals surface area contributed by atoms with Crippen LogP contribution in [0.5, 0.6) is 0 Å². The standard InChI is InChI=1S/C12H19FN2O4S2/c1-8-5-9(14)6-10(11(8)13)21(18,19)15-7-12(2,3)20(4,16)17/h5-6,15H,7,14H2,1-4H3. The van der Waals surface area contributed by atoms with E-state index in [0.717, 1.165) is 12.3 Å². The highest BCUT2D eigenvalue weighted by Crippen LogP contribution is 2.22. The Morgan fingerprint density at radius 3 is 2.24 bits per heavy atom. The van der Waals surface area contributed by atoms with Crippen LogP contribution in [0.1, 0.15) is 19.4 Å². The minimum atomic E-state index is -4.20. The molecule has 0 radical (unpaired) electrons. The maximum atomic E-state index is 13.9. The van der Waals surface area contributed by atoms with E-state index in [1.54, 1.807) is 0 Å². The zero-order valence-electron chi connectivity index (χ0n) is 12.3. The zero-order valence-corrected chi connectivity index (χ0v) is 13.9. The van der Waals surface area contributed by atoms with E-state index in [-0.39, 0.29) is 17.8 Å². The lowest BCUT2D eigenvalue weighted by atomic mass is 10.2. The van der Waals surface area contributed by atoms with E-state index in [4.69, 9.17) is 5.73 Å². The molecule has 0 saturated carbocycles. The summed E-state index contributed by atoms with van der Waals surface area (Å²) in [5.74, 6) is -0.908. The number of halogens is 1. The number of hydrogen-bond acceptors (Lipinski definition) is 5. The van der Waals surface area contributed by atoms with Gasteiger partial charge in [-0.3, -0.25) is 0 Å². The fourth-order valence-corrected chi connectivity index (χ4v) is 3.26. The molecule has 120 valence electrons. The number of nitrogen functional groups attached to an aromatic ring is 1. The van der Waals surface area contributed by atoms with Crippen LogP contribution in [0.25, 0.3) is 0 Å². The molecule has 0 saturated heterocycles. The van der Waals surface area contributed by atoms with Gasteiger partial charge >= 0.3 is 0 Å². The van der Waals surface area contributed by atoms with E-state index < -0.39 is 35.3 Å². The van der Waals surface area contributed by atoms with Gasteiger partial charge in [-0.2, -0.15) is 0 Å². The van der Waals surface area contributed by atoms with Gasteiger partial charge in [-0.25, -0.2) is 25.9 Å². The average Bonchev–Trinajstić information content (AvgIpc) is 2.30. The number of nitrogens with one attached hydrogen (secondary N) is 1. The summed E-state index contributed by atoms with van der Waals surface area (Å²) >= 11 is 0. The van der Waals surface area contributed by atoms with E-state index in [1.165, 1.54) is 26.8 Å². The molecule has 0 spiro atoms. The Bertz CT molecular complexity index is 756. The Labute approximate surface area is 124 Å². The minimum Gasteiger partial charge on any atom is -0.399 e. The van der Waals surface area contributed by atoms with Gasteiger partial charge in [0.05, 0.1) is 4.75 Å². The van der Waals surface area contributed by atoms with Gasteiger partial charge in [0.25, 0.3) is 0 Å². The summed E-state index contributed by atoms with van der Waals surface area (Å²) in [6, 6.07) is 2.31. The molecule has 0 heterocycles. The SMILES string of the molecule is Cc1cc(N)cc(S(=O)(=O)NCC(C)(C)S(C)(=O)=O)c1F. The van der Waals surface area contributed by atoms with E-state index in [0.29, 0.717) is 0 Å². The lowest BCUT2D eigenvalue weighted by Crippen LogP contribution is -2.43. The van der Waals surface area contributed by atoms with Crippen LogP contribution in [-0.4, -0.2) is 34.4 Å². The van der Waals surface area contributed by atoms with Gasteiger partial charge in [-0.05, 0) is 38.5 Å². The molecule has 0 aliphatic rings. The molecule has 0 atom stereocenters. The molecule has 0 amide bonds. The highest BCUT2D eigenvalue weighted by molar-refractivity contribution is 7.92. The molecule has 21 heavy (non-hydrogen) atoms. The lowest BCUT2D eigenvalue weighted by Gasteiger charge is -2.22. The predicted octanol–water partition coefficient (Wildman–Crippen LogP) is 0.818. The molecule has 0 aromatic heterocycles. The predicted molar refractivity (Wildman–Crippen MR) is 79.7 cm³/mol. The van der Waals surface area contributed by atoms with Crippen molar-refractivity contribution >= 4 is 25.5 Å². The Morgan fingerprint density at radius 2 is 1.76 bits per heavy atom. The number of benzene rings is 1. The van der Waals surface area contributed by atoms with Crippen molar-refractivity contribution in [2.45, 2.75) is 30.4 Å². The smallest absolute Gasteiger partial charge is 0.243 e. The number of nitrogens with two attached hydrogens (primary N) is 1. The van der Waals surface area contributed by atoms with Crippen LogP contribution < -0.4 is 10.5 Å². The number of anilines is 1. The first kappa shape index (κ1) is 17.9. The molecule has 0 unspecified atom stereocenters. The van der Waals surface area contributed by atoms with Gasteiger partial charge < -0.3 is 5.73 Å². The van der Waals surface area contributed by atoms with Crippen LogP contribution >= 0.6 is 0 Å². The average molecular weight is 338 g/mol. The molecule has 6 nitrogen and oxygen atoms in total. The van der Waals surface area contributed by atoms with Gasteiger partial charge in [-0.15, -0.1) is 0 Å². The zero-order chi connectivity index (χ0) is 16.6. The minimum absolute atomic E-state index is 0.0951. The Kier molecular flexibility index (Phi) is 4.71. The third-order valence-electron chi connectivity index (χ3n) is 3.22. The van der Waals surface area contributed by atoms with Crippen molar-refractivity contribution in [3.8, 4) is 0 Å². The second-order valence-electron chi connectivity index (χ2n) is 5.51. The van der Waals surface area contributed by atoms with Gasteiger partial charge in [0.1, 0.15) is 10.7 Å². The number of sulfonamides is 1. The van der Waals surface area contributed by atoms with Gasteiger partial charge in [0.2, 0.25) is 10.0 Å². The number of sulfone groups is 1. The normalized spacial score (nSPS) is 13.4. The number of hydrogen-bond donors (Lipinski definition) is 2. The van der Waals surface area contributed by atoms with Gasteiger partial charge in [0, 0.05) is 18.5 Å². The maximum Gasteiger partial charge on any atom is 0.243 e. The highest BCUT2D eigenvalue weighted by Gasteiger charge is 2.32. The van der Waals surface area contributed by atoms with Crippen LogP contribution in [-0.2, 0) is 19.9 Å². The van der Waals surface area contributed by atoms with Crippen molar-refractivity contribution in [2.24, 2.45) is 0 Å². The molecule has 3 N–H and O–H groups in total. The van der Waals surface area contributed by atoms with Crippen LogP contribution in [0.4, 0.5) is 10.1 Å². The second kappa shape index (κ2) is 5.54. The molecule has 0 fully saturated rings. The van der Waals surface area contributed by atoms with Crippen molar-refractivity contribution in [3.05, 3.63) is 23.5 Å². The van der Waals surface area contributed by atoms with E-state index in [9.17, 15) is 21.2 Å². The van der Waals surface area contributed by atoms with Crippen molar-refractivity contribution in [3.63, 3.8) is 0 Å². The summed E-state index contributed by atoms with van der Waals surface area (Å²) < 4.78 is 62.1. The van der Waals surface area contributed by atoms with Crippen molar-refractivity contribution in [2.75, 3.05) is 18.5 Å². The lowest BCUT2D eigenvalue weighted by molar-refractivity contribution is 0.530. The molecule has 9 heteroatoms. The molecule has 0 aliphatic carbocycles. The Balaban J connectivity index is 3.15. The van der Waals surface area contributed by atoms with Crippen LogP contribution in [0.15, 0.2) is 17.0 Å². The van der Waals surface area contributed by atoms with Crippen LogP contribution in [0.3, 0.4) is 0 Å². The summed E-state index contributed by atoms with van der Waals surface area (Å²) in [6.07, 6.45) is 1.01. The topological polar surface area (TPSA) is 106 Å². The fourth-order valence-electron chi connectivity index (χ4n) is 1.44. The number of aryl methyl sites for hydroxylation is 1. The molecular formula is C12H19FN2O4S2. The quantitative estimate of drug-likeness (QED) is 0.773. The maximum absolute atomic E-state index is 13.9. The molecule has 1 aromatic carbocycles. The summed E-state index contributed by atoms with van der Waals surface area (Å²) in [4.78, 5) is -0.593. The Hall–Kier alpha value is -1.19. The molecule has 0 aliphatic heterocycles. The van der Waals surface area contributed by atoms with Gasteiger partial charge in [-0.1, -0.05) is 0 Å². The molecule has 0 bridgehead atoms. The summed E-state index contributed by atoms with van der Waals surface area (Å²) in [5, 5.41) is 0. The second-order valence-corrected chi connectivity index (χ2v) is 9.89. The molecule has 1 aromatic rings. The first-order valence-electron chi connectivity index (χ1n) is 6.03. The van der Waals surface area contributed by atoms with E-state index in [2.05, 4.69) is 4.72 Å². The third kappa shape index (κ3) is 3.92. The van der Waals surface area contributed by atoms with E-state index in [1.807, 2.05) is 0 Å². The number of rotatable bonds is 5. The van der Waals surface area contributed by atoms with Crippen LogP contribution in [0.2, 0.25) is 0 Å². The highest BCUT2D eigenvalue weighted by atomic mass is 32.2. The first-order valence-corrected chi connectivity index (χ1v) is 9.40. The van der Waals surface area contributed by atoms with Crippen molar-refractivity contribution in [1.29, 1.82) is 0 Å². The van der Waals surface area contributed by atoms with Crippen LogP contribution in [0, 0.1) is 12.7 Å². The Morgan fingerprint density at radius 1 is 1.24 bits per heavy atom. The van der Waals surface area contributed by atoms with Gasteiger partial charge in [0.15, 0.2) is 9.84 Å².